The molecule has 1 heterocycles. The van der Waals surface area contributed by atoms with Gasteiger partial charge in [-0.2, -0.15) is 0 Å². The molecule has 0 atom stereocenters. The monoisotopic (exact) mass is 420 g/mol. The van der Waals surface area contributed by atoms with Gasteiger partial charge in [0.05, 0.1) is 0 Å². The lowest BCUT2D eigenvalue weighted by Gasteiger charge is -2.09. The van der Waals surface area contributed by atoms with E-state index in [1.165, 1.54) is 0 Å². The van der Waals surface area contributed by atoms with Crippen molar-refractivity contribution in [2.75, 3.05) is 5.32 Å². The van der Waals surface area contributed by atoms with E-state index in [0.29, 0.717) is 37.1 Å². The SMILES string of the molecule is Cc1ccc(-c2nnc(CCC(=O)NCc3cccc(NC(=O)CC(C)C)c3)o2)cc1. The molecule has 0 aliphatic heterocycles. The first-order valence-corrected chi connectivity index (χ1v) is 10.4. The Bertz CT molecular complexity index is 1030. The molecule has 7 nitrogen and oxygen atoms in total. The van der Waals surface area contributed by atoms with Gasteiger partial charge >= 0.3 is 0 Å². The first kappa shape index (κ1) is 22.2. The van der Waals surface area contributed by atoms with E-state index in [1.807, 2.05) is 69.3 Å². The Balaban J connectivity index is 1.46. The second-order valence-electron chi connectivity index (χ2n) is 7.99. The van der Waals surface area contributed by atoms with Crippen LogP contribution in [-0.4, -0.2) is 22.0 Å². The fraction of sp³-hybridized carbons (Fsp3) is 0.333. The van der Waals surface area contributed by atoms with Crippen molar-refractivity contribution >= 4 is 17.5 Å². The summed E-state index contributed by atoms with van der Waals surface area (Å²) in [5.41, 5.74) is 3.65. The molecule has 0 aliphatic carbocycles. The molecule has 0 saturated carbocycles. The summed E-state index contributed by atoms with van der Waals surface area (Å²) in [6.45, 7) is 6.40. The lowest BCUT2D eigenvalue weighted by atomic mass is 10.1. The third kappa shape index (κ3) is 7.06. The number of amides is 2. The molecule has 0 unspecified atom stereocenters. The molecular formula is C24H28N4O3. The topological polar surface area (TPSA) is 97.1 Å². The van der Waals surface area contributed by atoms with Crippen molar-refractivity contribution in [3.8, 4) is 11.5 Å². The fourth-order valence-electron chi connectivity index (χ4n) is 3.02. The fourth-order valence-corrected chi connectivity index (χ4v) is 3.02. The zero-order valence-electron chi connectivity index (χ0n) is 18.1. The summed E-state index contributed by atoms with van der Waals surface area (Å²) in [7, 11) is 0. The minimum atomic E-state index is -0.107. The van der Waals surface area contributed by atoms with Crippen molar-refractivity contribution in [1.29, 1.82) is 0 Å². The molecule has 3 aromatic rings. The van der Waals surface area contributed by atoms with Gasteiger partial charge in [-0.15, -0.1) is 10.2 Å². The average Bonchev–Trinajstić information content (AvgIpc) is 3.20. The van der Waals surface area contributed by atoms with Crippen LogP contribution < -0.4 is 10.6 Å². The third-order valence-corrected chi connectivity index (χ3v) is 4.63. The van der Waals surface area contributed by atoms with E-state index >= 15 is 0 Å². The minimum Gasteiger partial charge on any atom is -0.421 e. The van der Waals surface area contributed by atoms with Gasteiger partial charge in [0, 0.05) is 37.1 Å². The van der Waals surface area contributed by atoms with Crippen LogP contribution >= 0.6 is 0 Å². The highest BCUT2D eigenvalue weighted by Gasteiger charge is 2.11. The molecule has 0 saturated heterocycles. The standard InChI is InChI=1S/C24H28N4O3/c1-16(2)13-22(30)26-20-6-4-5-18(14-20)15-25-21(29)11-12-23-27-28-24(31-23)19-9-7-17(3)8-10-19/h4-10,14,16H,11-13,15H2,1-3H3,(H,25,29)(H,26,30). The van der Waals surface area contributed by atoms with Crippen molar-refractivity contribution < 1.29 is 14.0 Å². The highest BCUT2D eigenvalue weighted by atomic mass is 16.4. The van der Waals surface area contributed by atoms with Crippen LogP contribution in [-0.2, 0) is 22.6 Å². The van der Waals surface area contributed by atoms with E-state index in [2.05, 4.69) is 20.8 Å². The van der Waals surface area contributed by atoms with Crippen LogP contribution in [0.1, 0.15) is 43.7 Å². The minimum absolute atomic E-state index is 0.0132. The molecule has 1 aromatic heterocycles. The van der Waals surface area contributed by atoms with Crippen molar-refractivity contribution in [3.05, 3.63) is 65.5 Å². The number of anilines is 1. The third-order valence-electron chi connectivity index (χ3n) is 4.63. The number of hydrogen-bond acceptors (Lipinski definition) is 5. The Morgan fingerprint density at radius 3 is 2.55 bits per heavy atom. The number of carbonyl (C=O) groups excluding carboxylic acids is 2. The predicted octanol–water partition coefficient (Wildman–Crippen LogP) is 4.28. The molecule has 0 bridgehead atoms. The molecule has 0 aliphatic rings. The van der Waals surface area contributed by atoms with E-state index in [0.717, 1.165) is 22.4 Å². The molecule has 162 valence electrons. The lowest BCUT2D eigenvalue weighted by Crippen LogP contribution is -2.23. The number of nitrogens with zero attached hydrogens (tertiary/aromatic N) is 2. The van der Waals surface area contributed by atoms with Crippen LogP contribution in [0.4, 0.5) is 5.69 Å². The maximum atomic E-state index is 12.2. The molecule has 0 fully saturated rings. The predicted molar refractivity (Wildman–Crippen MR) is 119 cm³/mol. The molecule has 7 heteroatoms. The summed E-state index contributed by atoms with van der Waals surface area (Å²) in [5, 5.41) is 13.9. The number of benzene rings is 2. The highest BCUT2D eigenvalue weighted by molar-refractivity contribution is 5.90. The maximum Gasteiger partial charge on any atom is 0.247 e. The van der Waals surface area contributed by atoms with Gasteiger partial charge in [-0.3, -0.25) is 9.59 Å². The van der Waals surface area contributed by atoms with Crippen LogP contribution in [0.3, 0.4) is 0 Å². The first-order valence-electron chi connectivity index (χ1n) is 10.4. The summed E-state index contributed by atoms with van der Waals surface area (Å²) in [6.07, 6.45) is 1.10. The Morgan fingerprint density at radius 1 is 1.03 bits per heavy atom. The molecule has 2 amide bonds. The number of rotatable bonds is 9. The van der Waals surface area contributed by atoms with Gasteiger partial charge in [0.2, 0.25) is 23.6 Å². The Hall–Kier alpha value is -3.48. The number of aromatic nitrogens is 2. The summed E-state index contributed by atoms with van der Waals surface area (Å²) >= 11 is 0. The van der Waals surface area contributed by atoms with Crippen LogP contribution in [0.15, 0.2) is 52.9 Å². The molecule has 31 heavy (non-hydrogen) atoms. The largest absolute Gasteiger partial charge is 0.421 e. The van der Waals surface area contributed by atoms with Crippen molar-refractivity contribution in [1.82, 2.24) is 15.5 Å². The molecule has 2 aromatic carbocycles. The zero-order valence-corrected chi connectivity index (χ0v) is 18.1. The highest BCUT2D eigenvalue weighted by Crippen LogP contribution is 2.18. The summed E-state index contributed by atoms with van der Waals surface area (Å²) < 4.78 is 5.66. The second-order valence-corrected chi connectivity index (χ2v) is 7.99. The number of nitrogens with one attached hydrogen (secondary N) is 2. The molecular weight excluding hydrogens is 392 g/mol. The van der Waals surface area contributed by atoms with Gasteiger partial charge in [0.1, 0.15) is 0 Å². The van der Waals surface area contributed by atoms with E-state index in [4.69, 9.17) is 4.42 Å². The lowest BCUT2D eigenvalue weighted by molar-refractivity contribution is -0.121. The molecule has 0 radical (unpaired) electrons. The maximum absolute atomic E-state index is 12.2. The zero-order chi connectivity index (χ0) is 22.2. The number of carbonyl (C=O) groups is 2. The van der Waals surface area contributed by atoms with Gasteiger partial charge < -0.3 is 15.1 Å². The molecule has 3 rings (SSSR count). The second kappa shape index (κ2) is 10.5. The van der Waals surface area contributed by atoms with Crippen LogP contribution in [0.5, 0.6) is 0 Å². The Morgan fingerprint density at radius 2 is 1.81 bits per heavy atom. The normalized spacial score (nSPS) is 10.8. The van der Waals surface area contributed by atoms with E-state index < -0.39 is 0 Å². The number of aryl methyl sites for hydroxylation is 2. The van der Waals surface area contributed by atoms with Gasteiger partial charge in [-0.1, -0.05) is 43.7 Å². The average molecular weight is 421 g/mol. The summed E-state index contributed by atoms with van der Waals surface area (Å²) in [5.74, 6) is 1.06. The van der Waals surface area contributed by atoms with Gasteiger partial charge in [0.15, 0.2) is 0 Å². The van der Waals surface area contributed by atoms with Crippen molar-refractivity contribution in [2.45, 2.75) is 46.6 Å². The summed E-state index contributed by atoms with van der Waals surface area (Å²) in [4.78, 5) is 24.1. The summed E-state index contributed by atoms with van der Waals surface area (Å²) in [6, 6.07) is 15.3. The van der Waals surface area contributed by atoms with Crippen LogP contribution in [0.2, 0.25) is 0 Å². The van der Waals surface area contributed by atoms with Gasteiger partial charge in [0.25, 0.3) is 0 Å². The number of hydrogen-bond donors (Lipinski definition) is 2. The quantitative estimate of drug-likeness (QED) is 0.539. The van der Waals surface area contributed by atoms with Crippen LogP contribution in [0.25, 0.3) is 11.5 Å². The molecule has 2 N–H and O–H groups in total. The van der Waals surface area contributed by atoms with Gasteiger partial charge in [-0.25, -0.2) is 0 Å². The Kier molecular flexibility index (Phi) is 7.54. The smallest absolute Gasteiger partial charge is 0.247 e. The van der Waals surface area contributed by atoms with Crippen molar-refractivity contribution in [3.63, 3.8) is 0 Å². The van der Waals surface area contributed by atoms with Crippen molar-refractivity contribution in [2.24, 2.45) is 5.92 Å². The van der Waals surface area contributed by atoms with E-state index in [-0.39, 0.29) is 18.2 Å². The van der Waals surface area contributed by atoms with E-state index in [1.54, 1.807) is 0 Å². The first-order chi connectivity index (χ1) is 14.9. The van der Waals surface area contributed by atoms with Gasteiger partial charge in [-0.05, 0) is 42.7 Å². The molecule has 0 spiro atoms. The van der Waals surface area contributed by atoms with E-state index in [9.17, 15) is 9.59 Å². The van der Waals surface area contributed by atoms with Crippen LogP contribution in [0, 0.1) is 12.8 Å². The Labute approximate surface area is 182 Å².